The van der Waals surface area contributed by atoms with Crippen LogP contribution in [0.3, 0.4) is 0 Å². The van der Waals surface area contributed by atoms with E-state index in [1.807, 2.05) is 0 Å². The molecule has 0 amide bonds. The van der Waals surface area contributed by atoms with Crippen LogP contribution < -0.4 is 5.32 Å². The van der Waals surface area contributed by atoms with E-state index in [2.05, 4.69) is 28.7 Å². The molecular weight excluding hydrogens is 218 g/mol. The molecule has 0 saturated heterocycles. The van der Waals surface area contributed by atoms with Crippen molar-refractivity contribution in [3.8, 4) is 0 Å². The molecule has 1 aliphatic rings. The number of imidazole rings is 1. The maximum Gasteiger partial charge on any atom is 0.323 e. The maximum atomic E-state index is 11.2. The van der Waals surface area contributed by atoms with Crippen molar-refractivity contribution < 1.29 is 9.90 Å². The lowest BCUT2D eigenvalue weighted by molar-refractivity contribution is -0.148. The zero-order chi connectivity index (χ0) is 12.5. The molecule has 1 heterocycles. The van der Waals surface area contributed by atoms with Crippen molar-refractivity contribution in [1.82, 2.24) is 14.9 Å². The van der Waals surface area contributed by atoms with E-state index in [4.69, 9.17) is 0 Å². The third-order valence-corrected chi connectivity index (χ3v) is 3.53. The van der Waals surface area contributed by atoms with Crippen LogP contribution in [0.25, 0.3) is 0 Å². The third kappa shape index (κ3) is 2.20. The van der Waals surface area contributed by atoms with Crippen LogP contribution in [0.1, 0.15) is 44.8 Å². The van der Waals surface area contributed by atoms with Gasteiger partial charge in [-0.1, -0.05) is 0 Å². The molecule has 17 heavy (non-hydrogen) atoms. The Morgan fingerprint density at radius 2 is 2.35 bits per heavy atom. The molecule has 2 rings (SSSR count). The van der Waals surface area contributed by atoms with Crippen LogP contribution in [0, 0.1) is 0 Å². The highest BCUT2D eigenvalue weighted by molar-refractivity contribution is 5.79. The Balaban J connectivity index is 2.02. The van der Waals surface area contributed by atoms with Crippen LogP contribution in [0.5, 0.6) is 0 Å². The summed E-state index contributed by atoms with van der Waals surface area (Å²) < 4.78 is 2.06. The lowest BCUT2D eigenvalue weighted by atomic mass is 9.77. The van der Waals surface area contributed by atoms with Gasteiger partial charge in [-0.3, -0.25) is 10.1 Å². The zero-order valence-corrected chi connectivity index (χ0v) is 10.3. The monoisotopic (exact) mass is 237 g/mol. The number of hydrogen-bond acceptors (Lipinski definition) is 3. The molecule has 0 radical (unpaired) electrons. The van der Waals surface area contributed by atoms with Gasteiger partial charge >= 0.3 is 5.97 Å². The highest BCUT2D eigenvalue weighted by Gasteiger charge is 2.43. The summed E-state index contributed by atoms with van der Waals surface area (Å²) in [7, 11) is 0. The Bertz CT molecular complexity index is 408. The molecule has 0 aromatic carbocycles. The highest BCUT2D eigenvalue weighted by atomic mass is 16.4. The van der Waals surface area contributed by atoms with Crippen molar-refractivity contribution in [1.29, 1.82) is 0 Å². The van der Waals surface area contributed by atoms with Crippen LogP contribution >= 0.6 is 0 Å². The fourth-order valence-electron chi connectivity index (χ4n) is 2.19. The molecule has 5 heteroatoms. The van der Waals surface area contributed by atoms with E-state index in [-0.39, 0.29) is 0 Å². The second kappa shape index (κ2) is 4.49. The number of hydrogen-bond donors (Lipinski definition) is 2. The van der Waals surface area contributed by atoms with Gasteiger partial charge in [0.2, 0.25) is 0 Å². The molecule has 1 saturated carbocycles. The van der Waals surface area contributed by atoms with Gasteiger partial charge in [0.05, 0.1) is 12.0 Å². The molecule has 0 aliphatic heterocycles. The molecule has 0 bridgehead atoms. The second-order valence-corrected chi connectivity index (χ2v) is 4.98. The van der Waals surface area contributed by atoms with Crippen LogP contribution in [0.4, 0.5) is 0 Å². The number of aliphatic carboxylic acids is 1. The smallest absolute Gasteiger partial charge is 0.323 e. The molecule has 1 aromatic rings. The van der Waals surface area contributed by atoms with Gasteiger partial charge in [-0.15, -0.1) is 0 Å². The van der Waals surface area contributed by atoms with Crippen molar-refractivity contribution in [2.75, 3.05) is 0 Å². The molecule has 2 N–H and O–H groups in total. The lowest BCUT2D eigenvalue weighted by Crippen LogP contribution is -2.56. The van der Waals surface area contributed by atoms with Crippen LogP contribution in [-0.4, -0.2) is 26.2 Å². The first-order chi connectivity index (χ1) is 8.05. The van der Waals surface area contributed by atoms with E-state index in [0.29, 0.717) is 12.6 Å². The Labute approximate surface area is 101 Å². The topological polar surface area (TPSA) is 67.2 Å². The lowest BCUT2D eigenvalue weighted by Gasteiger charge is -2.38. The Morgan fingerprint density at radius 1 is 1.65 bits per heavy atom. The first-order valence-corrected chi connectivity index (χ1v) is 6.04. The standard InChI is InChI=1S/C12H19N3O2/c1-9(2)15-8-13-6-10(15)7-14-12(11(16)17)4-3-5-12/h6,8-9,14H,3-5,7H2,1-2H3,(H,16,17). The SMILES string of the molecule is CC(C)n1cncc1CNC1(C(=O)O)CCC1. The normalized spacial score (nSPS) is 18.1. The van der Waals surface area contributed by atoms with Crippen molar-refractivity contribution in [3.05, 3.63) is 18.2 Å². The summed E-state index contributed by atoms with van der Waals surface area (Å²) in [6, 6.07) is 0.344. The Morgan fingerprint density at radius 3 is 2.82 bits per heavy atom. The number of carboxylic acids is 1. The molecule has 1 fully saturated rings. The number of carbonyl (C=O) groups is 1. The molecule has 5 nitrogen and oxygen atoms in total. The van der Waals surface area contributed by atoms with Crippen LogP contribution in [0.15, 0.2) is 12.5 Å². The average molecular weight is 237 g/mol. The number of aromatic nitrogens is 2. The van der Waals surface area contributed by atoms with Gasteiger partial charge in [-0.25, -0.2) is 4.98 Å². The minimum absolute atomic E-state index is 0.344. The predicted octanol–water partition coefficient (Wildman–Crippen LogP) is 1.56. The summed E-state index contributed by atoms with van der Waals surface area (Å²) in [6.07, 6.45) is 6.01. The molecule has 0 atom stereocenters. The molecular formula is C12H19N3O2. The van der Waals surface area contributed by atoms with Gasteiger partial charge in [0.1, 0.15) is 5.54 Å². The number of carboxylic acid groups (broad SMARTS) is 1. The van der Waals surface area contributed by atoms with Gasteiger partial charge in [-0.2, -0.15) is 0 Å². The molecule has 0 unspecified atom stereocenters. The van der Waals surface area contributed by atoms with Crippen molar-refractivity contribution in [2.45, 2.75) is 51.2 Å². The number of nitrogens with zero attached hydrogens (tertiary/aromatic N) is 2. The van der Waals surface area contributed by atoms with E-state index in [9.17, 15) is 9.90 Å². The van der Waals surface area contributed by atoms with Gasteiger partial charge in [-0.05, 0) is 33.1 Å². The van der Waals surface area contributed by atoms with E-state index < -0.39 is 11.5 Å². The van der Waals surface area contributed by atoms with Crippen LogP contribution in [-0.2, 0) is 11.3 Å². The summed E-state index contributed by atoms with van der Waals surface area (Å²) in [5, 5.41) is 12.4. The minimum atomic E-state index is -0.737. The first-order valence-electron chi connectivity index (χ1n) is 6.04. The molecule has 1 aliphatic carbocycles. The third-order valence-electron chi connectivity index (χ3n) is 3.53. The fourth-order valence-corrected chi connectivity index (χ4v) is 2.19. The molecule has 94 valence electrons. The summed E-state index contributed by atoms with van der Waals surface area (Å²) in [6.45, 7) is 4.73. The number of nitrogens with one attached hydrogen (secondary N) is 1. The second-order valence-electron chi connectivity index (χ2n) is 4.98. The van der Waals surface area contributed by atoms with E-state index in [1.165, 1.54) is 0 Å². The van der Waals surface area contributed by atoms with Crippen molar-refractivity contribution in [3.63, 3.8) is 0 Å². The number of rotatable bonds is 5. The van der Waals surface area contributed by atoms with E-state index in [1.54, 1.807) is 12.5 Å². The van der Waals surface area contributed by atoms with E-state index >= 15 is 0 Å². The van der Waals surface area contributed by atoms with Crippen molar-refractivity contribution >= 4 is 5.97 Å². The summed E-state index contributed by atoms with van der Waals surface area (Å²) >= 11 is 0. The predicted molar refractivity (Wildman–Crippen MR) is 63.7 cm³/mol. The van der Waals surface area contributed by atoms with Crippen molar-refractivity contribution in [2.24, 2.45) is 0 Å². The molecule has 1 aromatic heterocycles. The summed E-state index contributed by atoms with van der Waals surface area (Å²) in [5.41, 5.74) is 0.332. The average Bonchev–Trinajstić information content (AvgIpc) is 2.63. The Kier molecular flexibility index (Phi) is 3.19. The minimum Gasteiger partial charge on any atom is -0.480 e. The molecule has 0 spiro atoms. The van der Waals surface area contributed by atoms with Gasteiger partial charge in [0.15, 0.2) is 0 Å². The largest absolute Gasteiger partial charge is 0.480 e. The Hall–Kier alpha value is -1.36. The maximum absolute atomic E-state index is 11.2. The summed E-state index contributed by atoms with van der Waals surface area (Å²) in [4.78, 5) is 15.3. The van der Waals surface area contributed by atoms with Gasteiger partial charge in [0, 0.05) is 18.8 Å². The highest BCUT2D eigenvalue weighted by Crippen LogP contribution is 2.32. The quantitative estimate of drug-likeness (QED) is 0.815. The zero-order valence-electron chi connectivity index (χ0n) is 10.3. The summed E-state index contributed by atoms with van der Waals surface area (Å²) in [5.74, 6) is -0.737. The fraction of sp³-hybridized carbons (Fsp3) is 0.667. The first kappa shape index (κ1) is 12.1. The van der Waals surface area contributed by atoms with Crippen LogP contribution in [0.2, 0.25) is 0 Å². The van der Waals surface area contributed by atoms with Gasteiger partial charge in [0.25, 0.3) is 0 Å². The van der Waals surface area contributed by atoms with Gasteiger partial charge < -0.3 is 9.67 Å². The van der Waals surface area contributed by atoms with E-state index in [0.717, 1.165) is 25.0 Å².